The van der Waals surface area contributed by atoms with Crippen LogP contribution in [-0.2, 0) is 4.74 Å². The van der Waals surface area contributed by atoms with Crippen molar-refractivity contribution in [2.75, 3.05) is 6.54 Å². The van der Waals surface area contributed by atoms with E-state index in [1.54, 1.807) is 29.1 Å². The molecule has 1 N–H and O–H groups in total. The van der Waals surface area contributed by atoms with Gasteiger partial charge in [-0.2, -0.15) is 5.10 Å². The highest BCUT2D eigenvalue weighted by molar-refractivity contribution is 6.30. The molecule has 0 spiro atoms. The van der Waals surface area contributed by atoms with E-state index >= 15 is 0 Å². The van der Waals surface area contributed by atoms with Crippen molar-refractivity contribution in [3.05, 3.63) is 47.2 Å². The van der Waals surface area contributed by atoms with Gasteiger partial charge in [-0.25, -0.2) is 4.68 Å². The lowest BCUT2D eigenvalue weighted by atomic mass is 9.92. The Hall–Kier alpha value is -1.85. The molecule has 3 rings (SSSR count). The van der Waals surface area contributed by atoms with Crippen LogP contribution in [0.15, 0.2) is 36.5 Å². The molecule has 0 aliphatic carbocycles. The maximum absolute atomic E-state index is 12.3. The van der Waals surface area contributed by atoms with Gasteiger partial charge in [0.1, 0.15) is 0 Å². The average Bonchev–Trinajstić information content (AvgIpc) is 3.02. The lowest BCUT2D eigenvalue weighted by Gasteiger charge is -2.32. The van der Waals surface area contributed by atoms with E-state index in [9.17, 15) is 4.79 Å². The molecule has 0 bridgehead atoms. The first-order chi connectivity index (χ1) is 11.5. The quantitative estimate of drug-likeness (QED) is 0.921. The summed E-state index contributed by atoms with van der Waals surface area (Å²) in [5.41, 5.74) is 1.28. The van der Waals surface area contributed by atoms with Crippen LogP contribution in [0.5, 0.6) is 0 Å². The van der Waals surface area contributed by atoms with Crippen molar-refractivity contribution >= 4 is 17.5 Å². The molecule has 24 heavy (non-hydrogen) atoms. The number of rotatable bonds is 4. The minimum Gasteiger partial charge on any atom is -0.376 e. The number of carbonyl (C=O) groups excluding carboxylic acids is 1. The molecule has 2 unspecified atom stereocenters. The van der Waals surface area contributed by atoms with E-state index in [-0.39, 0.29) is 18.1 Å². The van der Waals surface area contributed by atoms with Gasteiger partial charge >= 0.3 is 0 Å². The molecule has 1 aromatic heterocycles. The second-order valence-electron chi connectivity index (χ2n) is 6.43. The molecule has 1 aliphatic rings. The highest BCUT2D eigenvalue weighted by Gasteiger charge is 2.25. The number of nitrogens with zero attached hydrogens (tertiary/aromatic N) is 2. The minimum atomic E-state index is -0.144. The van der Waals surface area contributed by atoms with Crippen molar-refractivity contribution in [2.45, 2.75) is 38.9 Å². The van der Waals surface area contributed by atoms with E-state index in [4.69, 9.17) is 16.3 Å². The van der Waals surface area contributed by atoms with Gasteiger partial charge in [-0.05, 0) is 62.9 Å². The van der Waals surface area contributed by atoms with Gasteiger partial charge in [-0.15, -0.1) is 0 Å². The van der Waals surface area contributed by atoms with Crippen molar-refractivity contribution < 1.29 is 9.53 Å². The SMILES string of the molecule is CC1CC(CNC(=O)c2ccn(-c3ccc(Cl)cc3)n2)CC(C)O1. The second kappa shape index (κ2) is 7.36. The zero-order chi connectivity index (χ0) is 17.1. The number of nitrogens with one attached hydrogen (secondary N) is 1. The summed E-state index contributed by atoms with van der Waals surface area (Å²) in [6.07, 6.45) is 4.23. The molecule has 0 saturated carbocycles. The van der Waals surface area contributed by atoms with Crippen LogP contribution in [0.2, 0.25) is 5.02 Å². The van der Waals surface area contributed by atoms with Gasteiger partial charge in [0, 0.05) is 17.8 Å². The summed E-state index contributed by atoms with van der Waals surface area (Å²) in [5, 5.41) is 8.00. The van der Waals surface area contributed by atoms with Crippen LogP contribution in [0.1, 0.15) is 37.2 Å². The minimum absolute atomic E-state index is 0.144. The van der Waals surface area contributed by atoms with Crippen LogP contribution in [-0.4, -0.2) is 34.4 Å². The maximum Gasteiger partial charge on any atom is 0.271 e. The van der Waals surface area contributed by atoms with E-state index in [2.05, 4.69) is 24.3 Å². The molecule has 0 radical (unpaired) electrons. The molecular formula is C18H22ClN3O2. The zero-order valence-electron chi connectivity index (χ0n) is 13.9. The predicted molar refractivity (Wildman–Crippen MR) is 93.6 cm³/mol. The molecule has 1 aromatic carbocycles. The fourth-order valence-corrected chi connectivity index (χ4v) is 3.35. The molecular weight excluding hydrogens is 326 g/mol. The summed E-state index contributed by atoms with van der Waals surface area (Å²) >= 11 is 5.89. The topological polar surface area (TPSA) is 56.2 Å². The Kier molecular flexibility index (Phi) is 5.21. The Morgan fingerprint density at radius 3 is 2.58 bits per heavy atom. The molecule has 2 heterocycles. The Balaban J connectivity index is 1.59. The number of carbonyl (C=O) groups is 1. The smallest absolute Gasteiger partial charge is 0.271 e. The third-order valence-electron chi connectivity index (χ3n) is 4.26. The Morgan fingerprint density at radius 2 is 1.92 bits per heavy atom. The molecule has 6 heteroatoms. The number of benzene rings is 1. The van der Waals surface area contributed by atoms with Crippen molar-refractivity contribution in [3.8, 4) is 5.69 Å². The van der Waals surface area contributed by atoms with Gasteiger partial charge in [-0.3, -0.25) is 4.79 Å². The summed E-state index contributed by atoms with van der Waals surface area (Å²) in [6.45, 7) is 4.82. The van der Waals surface area contributed by atoms with Gasteiger partial charge in [0.2, 0.25) is 0 Å². The molecule has 2 atom stereocenters. The molecule has 1 aliphatic heterocycles. The summed E-state index contributed by atoms with van der Waals surface area (Å²) in [4.78, 5) is 12.3. The van der Waals surface area contributed by atoms with Gasteiger partial charge in [-0.1, -0.05) is 11.6 Å². The van der Waals surface area contributed by atoms with Gasteiger partial charge in [0.05, 0.1) is 17.9 Å². The van der Waals surface area contributed by atoms with E-state index in [0.717, 1.165) is 18.5 Å². The summed E-state index contributed by atoms with van der Waals surface area (Å²) in [7, 11) is 0. The molecule has 1 saturated heterocycles. The molecule has 1 fully saturated rings. The first-order valence-corrected chi connectivity index (χ1v) is 8.64. The maximum atomic E-state index is 12.3. The van der Waals surface area contributed by atoms with Crippen molar-refractivity contribution in [2.24, 2.45) is 5.92 Å². The van der Waals surface area contributed by atoms with Crippen LogP contribution in [0.4, 0.5) is 0 Å². The number of amides is 1. The Bertz CT molecular complexity index is 689. The van der Waals surface area contributed by atoms with E-state index in [1.165, 1.54) is 0 Å². The fraction of sp³-hybridized carbons (Fsp3) is 0.444. The summed E-state index contributed by atoms with van der Waals surface area (Å²) in [5.74, 6) is 0.306. The highest BCUT2D eigenvalue weighted by atomic mass is 35.5. The van der Waals surface area contributed by atoms with Crippen LogP contribution >= 0.6 is 11.6 Å². The molecule has 5 nitrogen and oxygen atoms in total. The van der Waals surface area contributed by atoms with Crippen LogP contribution in [0, 0.1) is 5.92 Å². The van der Waals surface area contributed by atoms with Crippen LogP contribution in [0.3, 0.4) is 0 Å². The first kappa shape index (κ1) is 17.0. The Morgan fingerprint density at radius 1 is 1.25 bits per heavy atom. The summed E-state index contributed by atoms with van der Waals surface area (Å²) < 4.78 is 7.40. The van der Waals surface area contributed by atoms with E-state index in [1.807, 2.05) is 12.1 Å². The Labute approximate surface area is 147 Å². The molecule has 128 valence electrons. The van der Waals surface area contributed by atoms with E-state index in [0.29, 0.717) is 23.2 Å². The largest absolute Gasteiger partial charge is 0.376 e. The monoisotopic (exact) mass is 347 g/mol. The number of aromatic nitrogens is 2. The summed E-state index contributed by atoms with van der Waals surface area (Å²) in [6, 6.07) is 9.04. The lowest BCUT2D eigenvalue weighted by molar-refractivity contribution is -0.0513. The standard InChI is InChI=1S/C18H22ClN3O2/c1-12-9-14(10-13(2)24-12)11-20-18(23)17-7-8-22(21-17)16-5-3-15(19)4-6-16/h3-8,12-14H,9-11H2,1-2H3,(H,20,23). The van der Waals surface area contributed by atoms with Crippen LogP contribution in [0.25, 0.3) is 5.69 Å². The normalized spacial score (nSPS) is 23.9. The average molecular weight is 348 g/mol. The third kappa shape index (κ3) is 4.16. The van der Waals surface area contributed by atoms with E-state index < -0.39 is 0 Å². The zero-order valence-corrected chi connectivity index (χ0v) is 14.7. The number of hydrogen-bond acceptors (Lipinski definition) is 3. The fourth-order valence-electron chi connectivity index (χ4n) is 3.22. The third-order valence-corrected chi connectivity index (χ3v) is 4.51. The molecule has 2 aromatic rings. The van der Waals surface area contributed by atoms with Crippen LogP contribution < -0.4 is 5.32 Å². The van der Waals surface area contributed by atoms with Gasteiger partial charge in [0.15, 0.2) is 5.69 Å². The number of hydrogen-bond donors (Lipinski definition) is 1. The van der Waals surface area contributed by atoms with Crippen molar-refractivity contribution in [1.82, 2.24) is 15.1 Å². The van der Waals surface area contributed by atoms with Gasteiger partial charge < -0.3 is 10.1 Å². The van der Waals surface area contributed by atoms with Gasteiger partial charge in [0.25, 0.3) is 5.91 Å². The molecule has 1 amide bonds. The number of ether oxygens (including phenoxy) is 1. The van der Waals surface area contributed by atoms with Crippen molar-refractivity contribution in [1.29, 1.82) is 0 Å². The van der Waals surface area contributed by atoms with Crippen molar-refractivity contribution in [3.63, 3.8) is 0 Å². The second-order valence-corrected chi connectivity index (χ2v) is 6.86. The first-order valence-electron chi connectivity index (χ1n) is 8.26. The highest BCUT2D eigenvalue weighted by Crippen LogP contribution is 2.24. The number of halogens is 1. The predicted octanol–water partition coefficient (Wildman–Crippen LogP) is 3.46. The lowest BCUT2D eigenvalue weighted by Crippen LogP contribution is -2.37.